The Balaban J connectivity index is 1.25. The van der Waals surface area contributed by atoms with Gasteiger partial charge in [-0.05, 0) is 107 Å². The minimum Gasteiger partial charge on any atom is -0.497 e. The summed E-state index contributed by atoms with van der Waals surface area (Å²) in [4.78, 5) is 40.6. The van der Waals surface area contributed by atoms with Crippen LogP contribution in [0.1, 0.15) is 139 Å². The van der Waals surface area contributed by atoms with E-state index in [1.165, 1.54) is 0 Å². The number of Topliss-reactive ketones (excluding diaryl/α,β-unsaturated/α-hetero) is 1. The van der Waals surface area contributed by atoms with Crippen LogP contribution in [0.15, 0.2) is 36.4 Å². The SMILES string of the molecule is CC[C@@H](C(=O)[C@@H](C)[C@@H](O)[C@H](C)[C@@H]1O[C@@H]([C@@H](CC)C(=O)O)CC[C@@H]1C)[C@H]1O[C@]2(C=C[C@H](NC(=O)Cc3ccc(OC)cc3)[C@]3(CC[C@@](C)([C@H]4CC[C@](O)(CC)[C@H](C)O4)O3)O2)[C@H](C)C[C@@H]1C. The Hall–Kier alpha value is -2.91. The Bertz CT molecular complexity index is 1810. The molecule has 4 fully saturated rings. The smallest absolute Gasteiger partial charge is 0.309 e. The monoisotopic (exact) mass is 898 g/mol. The molecule has 5 aliphatic heterocycles. The van der Waals surface area contributed by atoms with E-state index in [1.54, 1.807) is 14.0 Å². The van der Waals surface area contributed by atoms with Gasteiger partial charge in [-0.3, -0.25) is 14.4 Å². The maximum Gasteiger partial charge on any atom is 0.309 e. The molecule has 0 aliphatic carbocycles. The highest BCUT2D eigenvalue weighted by atomic mass is 16.8. The van der Waals surface area contributed by atoms with Crippen molar-refractivity contribution in [3.05, 3.63) is 42.0 Å². The van der Waals surface area contributed by atoms with Gasteiger partial charge >= 0.3 is 5.97 Å². The van der Waals surface area contributed by atoms with Gasteiger partial charge in [0.15, 0.2) is 11.6 Å². The summed E-state index contributed by atoms with van der Waals surface area (Å²) in [5.41, 5.74) is -0.905. The maximum atomic E-state index is 14.7. The summed E-state index contributed by atoms with van der Waals surface area (Å²) in [6.07, 6.45) is 6.61. The molecule has 6 rings (SSSR count). The summed E-state index contributed by atoms with van der Waals surface area (Å²) in [5, 5.41) is 36.3. The topological polar surface area (TPSA) is 179 Å². The number of methoxy groups -OCH3 is 1. The zero-order valence-electron chi connectivity index (χ0n) is 40.3. The third kappa shape index (κ3) is 10.0. The van der Waals surface area contributed by atoms with E-state index in [0.29, 0.717) is 63.5 Å². The minimum absolute atomic E-state index is 0.0279. The second-order valence-electron chi connectivity index (χ2n) is 20.5. The number of carbonyl (C=O) groups is 3. The van der Waals surface area contributed by atoms with E-state index in [9.17, 15) is 29.7 Å². The van der Waals surface area contributed by atoms with Gasteiger partial charge in [0.25, 0.3) is 0 Å². The lowest BCUT2D eigenvalue weighted by molar-refractivity contribution is -0.398. The van der Waals surface area contributed by atoms with E-state index in [0.717, 1.165) is 12.0 Å². The molecule has 1 amide bonds. The number of carboxylic acids is 1. The Kier molecular flexibility index (Phi) is 15.9. The van der Waals surface area contributed by atoms with Crippen LogP contribution in [0.4, 0.5) is 0 Å². The van der Waals surface area contributed by atoms with Crippen molar-refractivity contribution in [2.75, 3.05) is 7.11 Å². The number of carboxylic acid groups (broad SMARTS) is 1. The van der Waals surface area contributed by atoms with Crippen LogP contribution in [0.25, 0.3) is 0 Å². The van der Waals surface area contributed by atoms with Crippen LogP contribution in [0.3, 0.4) is 0 Å². The van der Waals surface area contributed by atoms with E-state index in [4.69, 9.17) is 28.4 Å². The van der Waals surface area contributed by atoms with Crippen LogP contribution in [0.5, 0.6) is 5.75 Å². The fourth-order valence-electron chi connectivity index (χ4n) is 11.8. The van der Waals surface area contributed by atoms with Crippen molar-refractivity contribution in [1.29, 1.82) is 0 Å². The second-order valence-corrected chi connectivity index (χ2v) is 20.5. The number of nitrogens with one attached hydrogen (secondary N) is 1. The molecular formula is C51H79NO12. The van der Waals surface area contributed by atoms with Gasteiger partial charge < -0.3 is 49.1 Å². The highest BCUT2D eigenvalue weighted by Crippen LogP contribution is 2.54. The molecule has 13 nitrogen and oxygen atoms in total. The van der Waals surface area contributed by atoms with E-state index in [2.05, 4.69) is 26.1 Å². The van der Waals surface area contributed by atoms with Gasteiger partial charge in [-0.1, -0.05) is 73.6 Å². The first-order chi connectivity index (χ1) is 30.2. The van der Waals surface area contributed by atoms with Crippen LogP contribution in [-0.2, 0) is 44.5 Å². The fraction of sp³-hybridized carbons (Fsp3) is 0.784. The number of aliphatic hydroxyl groups excluding tert-OH is 1. The molecule has 0 unspecified atom stereocenters. The number of aliphatic carboxylic acids is 1. The maximum absolute atomic E-state index is 14.7. The number of amides is 1. The summed E-state index contributed by atoms with van der Waals surface area (Å²) in [7, 11) is 1.60. The lowest BCUT2D eigenvalue weighted by Gasteiger charge is -2.55. The van der Waals surface area contributed by atoms with Crippen LogP contribution in [0, 0.1) is 41.4 Å². The molecule has 5 aliphatic rings. The van der Waals surface area contributed by atoms with Crippen molar-refractivity contribution in [1.82, 2.24) is 5.32 Å². The van der Waals surface area contributed by atoms with Crippen molar-refractivity contribution in [3.63, 3.8) is 0 Å². The van der Waals surface area contributed by atoms with Crippen LogP contribution in [-0.4, -0.2) is 106 Å². The third-order valence-corrected chi connectivity index (χ3v) is 16.3. The Morgan fingerprint density at radius 3 is 2.19 bits per heavy atom. The zero-order chi connectivity index (χ0) is 46.9. The average Bonchev–Trinajstić information content (AvgIpc) is 3.61. The average molecular weight is 898 g/mol. The molecule has 18 atom stereocenters. The van der Waals surface area contributed by atoms with Gasteiger partial charge in [-0.15, -0.1) is 0 Å². The number of hydrogen-bond donors (Lipinski definition) is 4. The Morgan fingerprint density at radius 1 is 0.891 bits per heavy atom. The summed E-state index contributed by atoms with van der Waals surface area (Å²) in [6, 6.07) is 6.71. The van der Waals surface area contributed by atoms with Crippen molar-refractivity contribution in [3.8, 4) is 5.75 Å². The molecule has 0 radical (unpaired) electrons. The van der Waals surface area contributed by atoms with Gasteiger partial charge in [0.05, 0.1) is 67.3 Å². The lowest BCUT2D eigenvalue weighted by atomic mass is 9.72. The molecule has 13 heteroatoms. The van der Waals surface area contributed by atoms with E-state index < -0.39 is 89.0 Å². The molecule has 1 aromatic carbocycles. The molecule has 0 aromatic heterocycles. The van der Waals surface area contributed by atoms with Crippen LogP contribution >= 0.6 is 0 Å². The molecule has 5 heterocycles. The van der Waals surface area contributed by atoms with Crippen LogP contribution < -0.4 is 10.1 Å². The summed E-state index contributed by atoms with van der Waals surface area (Å²) >= 11 is 0. The number of carbonyl (C=O) groups excluding carboxylic acids is 2. The van der Waals surface area contributed by atoms with Gasteiger partial charge in [0.2, 0.25) is 5.91 Å². The number of benzene rings is 1. The highest BCUT2D eigenvalue weighted by Gasteiger charge is 2.63. The summed E-state index contributed by atoms with van der Waals surface area (Å²) in [6.45, 7) is 19.7. The molecule has 4 N–H and O–H groups in total. The van der Waals surface area contributed by atoms with Gasteiger partial charge in [0.1, 0.15) is 17.6 Å². The first-order valence-corrected chi connectivity index (χ1v) is 24.4. The molecule has 0 saturated carbocycles. The molecule has 360 valence electrons. The predicted octanol–water partition coefficient (Wildman–Crippen LogP) is 7.56. The third-order valence-electron chi connectivity index (χ3n) is 16.3. The predicted molar refractivity (Wildman–Crippen MR) is 241 cm³/mol. The minimum atomic E-state index is -1.35. The lowest BCUT2D eigenvalue weighted by Crippen LogP contribution is -2.65. The number of ether oxygens (including phenoxy) is 6. The Labute approximate surface area is 381 Å². The van der Waals surface area contributed by atoms with Crippen molar-refractivity contribution in [2.45, 2.75) is 205 Å². The Morgan fingerprint density at radius 2 is 1.58 bits per heavy atom. The fourth-order valence-corrected chi connectivity index (χ4v) is 11.8. The molecule has 2 spiro atoms. The summed E-state index contributed by atoms with van der Waals surface area (Å²) in [5.74, 6) is -5.57. The molecular weight excluding hydrogens is 819 g/mol. The van der Waals surface area contributed by atoms with E-state index in [-0.39, 0.29) is 42.0 Å². The first kappa shape index (κ1) is 50.5. The second kappa shape index (κ2) is 20.1. The van der Waals surface area contributed by atoms with Crippen molar-refractivity contribution >= 4 is 17.7 Å². The number of aliphatic hydroxyl groups is 2. The first-order valence-electron chi connectivity index (χ1n) is 24.4. The molecule has 64 heavy (non-hydrogen) atoms. The standard InChI is InChI=1S/C51H79NO12/c1-12-37(47(56)57)39-20-15-29(4)45(61-39)33(8)43(54)32(7)44(55)38(13-2)46-30(5)27-31(6)50(62-46)24-21-40(52-42(53)28-35-16-18-36(59-11)19-17-35)51(64-50)26-25-48(10,63-51)41-22-23-49(58,14-3)34(9)60-41/h16-19,21,24,29-34,37-41,43,45-46,54,58H,12-15,20,22-23,25-28H2,1-11H3,(H,52,53)(H,56,57)/t29-,30-,31+,32-,33-,34-,37+,38-,39+,40-,41+,43+,45+,46-,48-,49+,50-,51-/m0/s1. The molecule has 4 saturated heterocycles. The van der Waals surface area contributed by atoms with Gasteiger partial charge in [-0.2, -0.15) is 0 Å². The molecule has 1 aromatic rings. The van der Waals surface area contributed by atoms with E-state index >= 15 is 0 Å². The van der Waals surface area contributed by atoms with E-state index in [1.807, 2.05) is 78.0 Å². The number of ketones is 1. The highest BCUT2D eigenvalue weighted by molar-refractivity contribution is 5.84. The number of rotatable bonds is 16. The normalized spacial score (nSPS) is 40.0. The van der Waals surface area contributed by atoms with Gasteiger partial charge in [0, 0.05) is 30.1 Å². The van der Waals surface area contributed by atoms with Crippen molar-refractivity contribution < 1.29 is 58.1 Å². The molecule has 0 bridgehead atoms. The van der Waals surface area contributed by atoms with Crippen LogP contribution in [0.2, 0.25) is 0 Å². The summed E-state index contributed by atoms with van der Waals surface area (Å²) < 4.78 is 40.0. The number of hydrogen-bond acceptors (Lipinski definition) is 11. The zero-order valence-corrected chi connectivity index (χ0v) is 40.3. The van der Waals surface area contributed by atoms with Crippen molar-refractivity contribution in [2.24, 2.45) is 41.4 Å². The largest absolute Gasteiger partial charge is 0.497 e. The quantitative estimate of drug-likeness (QED) is 0.120. The van der Waals surface area contributed by atoms with Gasteiger partial charge in [-0.25, -0.2) is 0 Å².